The number of hydrogen-bond donors (Lipinski definition) is 1. The SMILES string of the molecule is OC1(c2ccoc2)CCCCC1. The fraction of sp³-hybridized carbons (Fsp3) is 0.600. The van der Waals surface area contributed by atoms with Crippen LogP contribution in [0.5, 0.6) is 0 Å². The van der Waals surface area contributed by atoms with Gasteiger partial charge in [-0.15, -0.1) is 0 Å². The number of hydrogen-bond acceptors (Lipinski definition) is 2. The van der Waals surface area contributed by atoms with Crippen LogP contribution in [-0.2, 0) is 5.60 Å². The Morgan fingerprint density at radius 1 is 1.25 bits per heavy atom. The second-order valence-corrected chi connectivity index (χ2v) is 3.60. The highest BCUT2D eigenvalue weighted by atomic mass is 16.3. The van der Waals surface area contributed by atoms with Gasteiger partial charge in [0.25, 0.3) is 0 Å². The minimum absolute atomic E-state index is 0.592. The molecule has 1 aliphatic carbocycles. The van der Waals surface area contributed by atoms with Crippen molar-refractivity contribution in [2.75, 3.05) is 0 Å². The first kappa shape index (κ1) is 7.87. The van der Waals surface area contributed by atoms with Gasteiger partial charge in [0, 0.05) is 5.56 Å². The first-order valence-corrected chi connectivity index (χ1v) is 4.56. The Kier molecular flexibility index (Phi) is 1.93. The molecule has 0 amide bonds. The van der Waals surface area contributed by atoms with Crippen molar-refractivity contribution in [3.8, 4) is 0 Å². The molecule has 0 unspecified atom stereocenters. The lowest BCUT2D eigenvalue weighted by Crippen LogP contribution is -2.27. The maximum Gasteiger partial charge on any atom is 0.0963 e. The standard InChI is InChI=1S/C10H14O2/c11-10(5-2-1-3-6-10)9-4-7-12-8-9/h4,7-8,11H,1-3,5-6H2. The second-order valence-electron chi connectivity index (χ2n) is 3.60. The first-order chi connectivity index (χ1) is 5.81. The largest absolute Gasteiger partial charge is 0.472 e. The van der Waals surface area contributed by atoms with E-state index in [-0.39, 0.29) is 0 Å². The van der Waals surface area contributed by atoms with Crippen LogP contribution in [0, 0.1) is 0 Å². The minimum atomic E-state index is -0.592. The Morgan fingerprint density at radius 2 is 2.00 bits per heavy atom. The van der Waals surface area contributed by atoms with Crippen LogP contribution in [0.25, 0.3) is 0 Å². The maximum atomic E-state index is 10.2. The van der Waals surface area contributed by atoms with Crippen LogP contribution in [0.3, 0.4) is 0 Å². The van der Waals surface area contributed by atoms with Crippen LogP contribution in [0.15, 0.2) is 23.0 Å². The van der Waals surface area contributed by atoms with Gasteiger partial charge in [0.1, 0.15) is 0 Å². The zero-order chi connectivity index (χ0) is 8.44. The fourth-order valence-corrected chi connectivity index (χ4v) is 1.95. The molecule has 0 atom stereocenters. The van der Waals surface area contributed by atoms with Gasteiger partial charge >= 0.3 is 0 Å². The van der Waals surface area contributed by atoms with Crippen LogP contribution in [0.2, 0.25) is 0 Å². The van der Waals surface area contributed by atoms with Gasteiger partial charge in [-0.2, -0.15) is 0 Å². The molecule has 12 heavy (non-hydrogen) atoms. The average molecular weight is 166 g/mol. The van der Waals surface area contributed by atoms with Crippen LogP contribution in [0.1, 0.15) is 37.7 Å². The summed E-state index contributed by atoms with van der Waals surface area (Å²) in [5.41, 5.74) is 0.354. The van der Waals surface area contributed by atoms with E-state index in [1.807, 2.05) is 6.07 Å². The van der Waals surface area contributed by atoms with Gasteiger partial charge in [0.05, 0.1) is 18.1 Å². The maximum absolute atomic E-state index is 10.2. The third-order valence-corrected chi connectivity index (χ3v) is 2.74. The van der Waals surface area contributed by atoms with E-state index in [4.69, 9.17) is 4.42 Å². The van der Waals surface area contributed by atoms with Crippen LogP contribution >= 0.6 is 0 Å². The van der Waals surface area contributed by atoms with Gasteiger partial charge in [-0.1, -0.05) is 19.3 Å². The van der Waals surface area contributed by atoms with E-state index in [0.717, 1.165) is 31.2 Å². The molecule has 0 spiro atoms. The summed E-state index contributed by atoms with van der Waals surface area (Å²) in [5.74, 6) is 0. The highest BCUT2D eigenvalue weighted by Gasteiger charge is 2.31. The van der Waals surface area contributed by atoms with Crippen molar-refractivity contribution >= 4 is 0 Å². The van der Waals surface area contributed by atoms with Gasteiger partial charge in [0.2, 0.25) is 0 Å². The summed E-state index contributed by atoms with van der Waals surface area (Å²) in [6.45, 7) is 0. The van der Waals surface area contributed by atoms with E-state index >= 15 is 0 Å². The molecule has 2 rings (SSSR count). The van der Waals surface area contributed by atoms with Crippen molar-refractivity contribution in [2.24, 2.45) is 0 Å². The van der Waals surface area contributed by atoms with Gasteiger partial charge in [-0.25, -0.2) is 0 Å². The van der Waals surface area contributed by atoms with Crippen molar-refractivity contribution in [1.29, 1.82) is 0 Å². The quantitative estimate of drug-likeness (QED) is 0.695. The summed E-state index contributed by atoms with van der Waals surface area (Å²) in [6, 6.07) is 1.87. The molecule has 1 aromatic heterocycles. The van der Waals surface area contributed by atoms with Gasteiger partial charge in [-0.3, -0.25) is 0 Å². The third kappa shape index (κ3) is 1.27. The van der Waals surface area contributed by atoms with Gasteiger partial charge < -0.3 is 9.52 Å². The topological polar surface area (TPSA) is 33.4 Å². The Balaban J connectivity index is 2.19. The Morgan fingerprint density at radius 3 is 2.58 bits per heavy atom. The number of furan rings is 1. The van der Waals surface area contributed by atoms with E-state index in [9.17, 15) is 5.11 Å². The fourth-order valence-electron chi connectivity index (χ4n) is 1.95. The average Bonchev–Trinajstić information content (AvgIpc) is 2.58. The Hall–Kier alpha value is -0.760. The van der Waals surface area contributed by atoms with Crippen molar-refractivity contribution in [3.63, 3.8) is 0 Å². The zero-order valence-corrected chi connectivity index (χ0v) is 7.12. The molecular weight excluding hydrogens is 152 g/mol. The molecule has 1 N–H and O–H groups in total. The third-order valence-electron chi connectivity index (χ3n) is 2.74. The summed E-state index contributed by atoms with van der Waals surface area (Å²) in [5, 5.41) is 10.2. The number of rotatable bonds is 1. The molecular formula is C10H14O2. The lowest BCUT2D eigenvalue weighted by molar-refractivity contribution is -0.00111. The van der Waals surface area contributed by atoms with Crippen molar-refractivity contribution < 1.29 is 9.52 Å². The van der Waals surface area contributed by atoms with E-state index in [0.29, 0.717) is 0 Å². The molecule has 66 valence electrons. The summed E-state index contributed by atoms with van der Waals surface area (Å²) in [7, 11) is 0. The Bertz CT molecular complexity index is 232. The molecule has 0 aromatic carbocycles. The molecule has 0 radical (unpaired) electrons. The molecule has 1 aromatic rings. The lowest BCUT2D eigenvalue weighted by Gasteiger charge is -2.30. The lowest BCUT2D eigenvalue weighted by atomic mass is 9.81. The summed E-state index contributed by atoms with van der Waals surface area (Å²) < 4.78 is 4.97. The summed E-state index contributed by atoms with van der Waals surface area (Å²) in [4.78, 5) is 0. The number of aliphatic hydroxyl groups is 1. The molecule has 0 aliphatic heterocycles. The van der Waals surface area contributed by atoms with E-state index in [1.54, 1.807) is 12.5 Å². The van der Waals surface area contributed by atoms with Crippen molar-refractivity contribution in [2.45, 2.75) is 37.7 Å². The van der Waals surface area contributed by atoms with Crippen LogP contribution in [0.4, 0.5) is 0 Å². The van der Waals surface area contributed by atoms with Crippen LogP contribution < -0.4 is 0 Å². The molecule has 0 saturated heterocycles. The normalized spacial score (nSPS) is 22.4. The van der Waals surface area contributed by atoms with Gasteiger partial charge in [-0.05, 0) is 18.9 Å². The highest BCUT2D eigenvalue weighted by molar-refractivity contribution is 5.16. The predicted molar refractivity (Wildman–Crippen MR) is 45.7 cm³/mol. The van der Waals surface area contributed by atoms with Gasteiger partial charge in [0.15, 0.2) is 0 Å². The van der Waals surface area contributed by atoms with E-state index < -0.39 is 5.60 Å². The summed E-state index contributed by atoms with van der Waals surface area (Å²) >= 11 is 0. The summed E-state index contributed by atoms with van der Waals surface area (Å²) in [6.07, 6.45) is 8.55. The molecule has 2 heteroatoms. The van der Waals surface area contributed by atoms with Crippen molar-refractivity contribution in [3.05, 3.63) is 24.2 Å². The molecule has 1 saturated carbocycles. The molecule has 1 aliphatic rings. The second kappa shape index (κ2) is 2.94. The highest BCUT2D eigenvalue weighted by Crippen LogP contribution is 2.36. The smallest absolute Gasteiger partial charge is 0.0963 e. The minimum Gasteiger partial charge on any atom is -0.472 e. The molecule has 2 nitrogen and oxygen atoms in total. The van der Waals surface area contributed by atoms with Crippen LogP contribution in [-0.4, -0.2) is 5.11 Å². The molecule has 0 bridgehead atoms. The van der Waals surface area contributed by atoms with Crippen molar-refractivity contribution in [1.82, 2.24) is 0 Å². The predicted octanol–water partition coefficient (Wildman–Crippen LogP) is 2.43. The van der Waals surface area contributed by atoms with E-state index in [1.165, 1.54) is 6.42 Å². The monoisotopic (exact) mass is 166 g/mol. The first-order valence-electron chi connectivity index (χ1n) is 4.56. The van der Waals surface area contributed by atoms with E-state index in [2.05, 4.69) is 0 Å². The molecule has 1 heterocycles. The molecule has 1 fully saturated rings. The Labute approximate surface area is 72.2 Å². The zero-order valence-electron chi connectivity index (χ0n) is 7.12.